The van der Waals surface area contributed by atoms with Crippen molar-refractivity contribution in [3.05, 3.63) is 36.2 Å². The van der Waals surface area contributed by atoms with Crippen LogP contribution in [0, 0.1) is 0 Å². The van der Waals surface area contributed by atoms with E-state index in [1.165, 1.54) is 0 Å². The van der Waals surface area contributed by atoms with Crippen LogP contribution in [-0.2, 0) is 13.0 Å². The summed E-state index contributed by atoms with van der Waals surface area (Å²) in [6, 6.07) is 1.80. The van der Waals surface area contributed by atoms with Gasteiger partial charge in [-0.25, -0.2) is 15.0 Å². The predicted octanol–water partition coefficient (Wildman–Crippen LogP) is 1.02. The molecule has 1 N–H and O–H groups in total. The quantitative estimate of drug-likeness (QED) is 0.916. The molecule has 2 aromatic rings. The van der Waals surface area contributed by atoms with Crippen molar-refractivity contribution in [2.24, 2.45) is 0 Å². The van der Waals surface area contributed by atoms with Crippen LogP contribution in [0.3, 0.4) is 0 Å². The Kier molecular flexibility index (Phi) is 3.69. The van der Waals surface area contributed by atoms with E-state index >= 15 is 0 Å². The molecular formula is C16H20N6O. The van der Waals surface area contributed by atoms with E-state index in [2.05, 4.69) is 29.7 Å². The highest BCUT2D eigenvalue weighted by Gasteiger charge is 2.22. The van der Waals surface area contributed by atoms with Gasteiger partial charge in [-0.2, -0.15) is 0 Å². The molecule has 23 heavy (non-hydrogen) atoms. The highest BCUT2D eigenvalue weighted by molar-refractivity contribution is 5.92. The number of hydrogen-bond donors (Lipinski definition) is 1. The standard InChI is InChI=1S/C16H20N6O/c23-15(19-12-3-4-14-17-7-10-22(14)11-12)13-5-6-18-16(20-13)21-8-1-2-9-21/h5-7,10,12H,1-4,8-9,11H2,(H,19,23)/t12-/m1/s1. The maximum Gasteiger partial charge on any atom is 0.270 e. The van der Waals surface area contributed by atoms with Crippen molar-refractivity contribution in [1.82, 2.24) is 24.8 Å². The second-order valence-electron chi connectivity index (χ2n) is 6.14. The van der Waals surface area contributed by atoms with Gasteiger partial charge in [-0.15, -0.1) is 0 Å². The van der Waals surface area contributed by atoms with Crippen LogP contribution in [0.15, 0.2) is 24.7 Å². The minimum absolute atomic E-state index is 0.120. The minimum Gasteiger partial charge on any atom is -0.346 e. The molecule has 2 aliphatic rings. The summed E-state index contributed by atoms with van der Waals surface area (Å²) in [5, 5.41) is 3.09. The summed E-state index contributed by atoms with van der Waals surface area (Å²) in [7, 11) is 0. The first-order valence-corrected chi connectivity index (χ1v) is 8.18. The van der Waals surface area contributed by atoms with Crippen molar-refractivity contribution in [2.45, 2.75) is 38.3 Å². The predicted molar refractivity (Wildman–Crippen MR) is 85.3 cm³/mol. The van der Waals surface area contributed by atoms with Crippen LogP contribution in [0.25, 0.3) is 0 Å². The molecule has 4 rings (SSSR count). The van der Waals surface area contributed by atoms with Crippen LogP contribution in [0.1, 0.15) is 35.6 Å². The van der Waals surface area contributed by atoms with Gasteiger partial charge in [-0.3, -0.25) is 4.79 Å². The number of carbonyl (C=O) groups is 1. The number of carbonyl (C=O) groups excluding carboxylic acids is 1. The van der Waals surface area contributed by atoms with E-state index in [9.17, 15) is 4.79 Å². The van der Waals surface area contributed by atoms with E-state index in [1.54, 1.807) is 12.3 Å². The number of rotatable bonds is 3. The number of imidazole rings is 1. The van der Waals surface area contributed by atoms with Crippen LogP contribution in [-0.4, -0.2) is 44.6 Å². The van der Waals surface area contributed by atoms with E-state index < -0.39 is 0 Å². The SMILES string of the molecule is O=C(N[C@@H]1CCc2nccn2C1)c1ccnc(N2CCCC2)n1. The summed E-state index contributed by atoms with van der Waals surface area (Å²) < 4.78 is 2.10. The first-order valence-electron chi connectivity index (χ1n) is 8.18. The molecule has 4 heterocycles. The van der Waals surface area contributed by atoms with Gasteiger partial charge >= 0.3 is 0 Å². The lowest BCUT2D eigenvalue weighted by molar-refractivity contribution is 0.0922. The van der Waals surface area contributed by atoms with Crippen molar-refractivity contribution in [1.29, 1.82) is 0 Å². The van der Waals surface area contributed by atoms with Gasteiger partial charge in [0, 0.05) is 50.7 Å². The fourth-order valence-electron chi connectivity index (χ4n) is 3.29. The molecule has 0 spiro atoms. The summed E-state index contributed by atoms with van der Waals surface area (Å²) >= 11 is 0. The minimum atomic E-state index is -0.124. The van der Waals surface area contributed by atoms with E-state index in [-0.39, 0.29) is 11.9 Å². The molecule has 0 radical (unpaired) electrons. The zero-order valence-corrected chi connectivity index (χ0v) is 13.0. The zero-order valence-electron chi connectivity index (χ0n) is 13.0. The van der Waals surface area contributed by atoms with E-state index in [0.717, 1.165) is 51.1 Å². The largest absolute Gasteiger partial charge is 0.346 e. The van der Waals surface area contributed by atoms with Gasteiger partial charge in [0.15, 0.2) is 0 Å². The summed E-state index contributed by atoms with van der Waals surface area (Å²) in [5.41, 5.74) is 0.443. The summed E-state index contributed by atoms with van der Waals surface area (Å²) in [5.74, 6) is 1.63. The second kappa shape index (κ2) is 5.98. The van der Waals surface area contributed by atoms with Gasteiger partial charge in [0.2, 0.25) is 5.95 Å². The number of anilines is 1. The number of aromatic nitrogens is 4. The van der Waals surface area contributed by atoms with Gasteiger partial charge < -0.3 is 14.8 Å². The molecule has 0 bridgehead atoms. The maximum atomic E-state index is 12.5. The van der Waals surface area contributed by atoms with Crippen molar-refractivity contribution < 1.29 is 4.79 Å². The van der Waals surface area contributed by atoms with E-state index in [0.29, 0.717) is 11.6 Å². The Labute approximate surface area is 134 Å². The average molecular weight is 312 g/mol. The number of fused-ring (bicyclic) bond motifs is 1. The van der Waals surface area contributed by atoms with Crippen LogP contribution < -0.4 is 10.2 Å². The van der Waals surface area contributed by atoms with Crippen molar-refractivity contribution in [3.8, 4) is 0 Å². The lowest BCUT2D eigenvalue weighted by Gasteiger charge is -2.24. The van der Waals surface area contributed by atoms with Crippen molar-refractivity contribution in [3.63, 3.8) is 0 Å². The third-order valence-electron chi connectivity index (χ3n) is 4.53. The first-order chi connectivity index (χ1) is 11.3. The average Bonchev–Trinajstić information content (AvgIpc) is 3.26. The highest BCUT2D eigenvalue weighted by atomic mass is 16.2. The number of nitrogens with one attached hydrogen (secondary N) is 1. The van der Waals surface area contributed by atoms with Crippen LogP contribution in [0.2, 0.25) is 0 Å². The van der Waals surface area contributed by atoms with Gasteiger partial charge in [-0.1, -0.05) is 0 Å². The Balaban J connectivity index is 1.44. The van der Waals surface area contributed by atoms with Crippen molar-refractivity contribution >= 4 is 11.9 Å². The number of amides is 1. The van der Waals surface area contributed by atoms with E-state index in [1.807, 2.05) is 12.4 Å². The van der Waals surface area contributed by atoms with Gasteiger partial charge in [0.1, 0.15) is 11.5 Å². The Morgan fingerprint density at radius 1 is 1.22 bits per heavy atom. The van der Waals surface area contributed by atoms with Gasteiger partial charge in [-0.05, 0) is 25.3 Å². The number of nitrogens with zero attached hydrogens (tertiary/aromatic N) is 5. The fraction of sp³-hybridized carbons (Fsp3) is 0.500. The molecule has 0 aliphatic carbocycles. The summed E-state index contributed by atoms with van der Waals surface area (Å²) in [6.07, 6.45) is 9.57. The van der Waals surface area contributed by atoms with Crippen LogP contribution >= 0.6 is 0 Å². The highest BCUT2D eigenvalue weighted by Crippen LogP contribution is 2.16. The first kappa shape index (κ1) is 14.2. The summed E-state index contributed by atoms with van der Waals surface area (Å²) in [6.45, 7) is 2.71. The Morgan fingerprint density at radius 2 is 2.09 bits per heavy atom. The zero-order chi connectivity index (χ0) is 15.6. The number of hydrogen-bond acceptors (Lipinski definition) is 5. The smallest absolute Gasteiger partial charge is 0.270 e. The third kappa shape index (κ3) is 2.91. The molecule has 0 saturated carbocycles. The molecule has 1 amide bonds. The Hall–Kier alpha value is -2.44. The van der Waals surface area contributed by atoms with Crippen molar-refractivity contribution in [2.75, 3.05) is 18.0 Å². The summed E-state index contributed by atoms with van der Waals surface area (Å²) in [4.78, 5) is 27.7. The van der Waals surface area contributed by atoms with Crippen LogP contribution in [0.5, 0.6) is 0 Å². The molecular weight excluding hydrogens is 292 g/mol. The monoisotopic (exact) mass is 312 g/mol. The molecule has 1 fully saturated rings. The van der Waals surface area contributed by atoms with Gasteiger partial charge in [0.05, 0.1) is 0 Å². The lowest BCUT2D eigenvalue weighted by Crippen LogP contribution is -2.41. The molecule has 0 unspecified atom stereocenters. The topological polar surface area (TPSA) is 75.9 Å². The normalized spacial score (nSPS) is 20.3. The molecule has 120 valence electrons. The number of aryl methyl sites for hydroxylation is 1. The molecule has 2 aliphatic heterocycles. The molecule has 1 saturated heterocycles. The Morgan fingerprint density at radius 3 is 2.96 bits per heavy atom. The fourth-order valence-corrected chi connectivity index (χ4v) is 3.29. The molecule has 1 atom stereocenters. The Bertz CT molecular complexity index is 706. The molecule has 2 aromatic heterocycles. The van der Waals surface area contributed by atoms with Gasteiger partial charge in [0.25, 0.3) is 5.91 Å². The maximum absolute atomic E-state index is 12.5. The lowest BCUT2D eigenvalue weighted by atomic mass is 10.1. The molecule has 7 heteroatoms. The van der Waals surface area contributed by atoms with E-state index in [4.69, 9.17) is 0 Å². The van der Waals surface area contributed by atoms with Crippen LogP contribution in [0.4, 0.5) is 5.95 Å². The second-order valence-corrected chi connectivity index (χ2v) is 6.14. The molecule has 0 aromatic carbocycles. The molecule has 7 nitrogen and oxygen atoms in total. The third-order valence-corrected chi connectivity index (χ3v) is 4.53.